The Morgan fingerprint density at radius 2 is 2.00 bits per heavy atom. The number of nitrogens with two attached hydrogens (primary N) is 1. The van der Waals surface area contributed by atoms with E-state index in [0.717, 1.165) is 5.56 Å². The highest BCUT2D eigenvalue weighted by atomic mass is 35.5. The Labute approximate surface area is 119 Å². The molecule has 0 aliphatic heterocycles. The first-order valence-electron chi connectivity index (χ1n) is 5.28. The third-order valence-electron chi connectivity index (χ3n) is 2.39. The molecule has 0 unspecified atom stereocenters. The minimum Gasteiger partial charge on any atom is -0.437 e. The van der Waals surface area contributed by atoms with E-state index in [1.807, 2.05) is 0 Å². The van der Waals surface area contributed by atoms with E-state index in [0.29, 0.717) is 5.75 Å². The number of hydrogen-bond donors (Lipinski definition) is 2. The molecule has 0 radical (unpaired) electrons. The molecule has 100 valence electrons. The Morgan fingerprint density at radius 1 is 1.26 bits per heavy atom. The second-order valence-electron chi connectivity index (χ2n) is 3.76. The van der Waals surface area contributed by atoms with Crippen LogP contribution in [0.2, 0.25) is 10.0 Å². The van der Waals surface area contributed by atoms with Crippen molar-refractivity contribution < 1.29 is 9.13 Å². The van der Waals surface area contributed by atoms with E-state index in [9.17, 15) is 4.39 Å². The molecule has 3 N–H and O–H groups in total. The van der Waals surface area contributed by atoms with Crippen LogP contribution in [0.5, 0.6) is 11.6 Å². The smallest absolute Gasteiger partial charge is 0.240 e. The topological polar surface area (TPSA) is 60.2 Å². The average Bonchev–Trinajstić information content (AvgIpc) is 2.37. The molecule has 0 aliphatic rings. The maximum Gasteiger partial charge on any atom is 0.240 e. The van der Waals surface area contributed by atoms with Gasteiger partial charge in [0.25, 0.3) is 0 Å². The van der Waals surface area contributed by atoms with Crippen LogP contribution in [0.3, 0.4) is 0 Å². The molecule has 19 heavy (non-hydrogen) atoms. The molecular formula is C12H10Cl2FN3O. The fourth-order valence-corrected chi connectivity index (χ4v) is 1.86. The van der Waals surface area contributed by atoms with E-state index >= 15 is 0 Å². The molecule has 1 aromatic heterocycles. The Balaban J connectivity index is 2.40. The molecule has 0 aliphatic carbocycles. The monoisotopic (exact) mass is 301 g/mol. The van der Waals surface area contributed by atoms with Gasteiger partial charge in [-0.15, -0.1) is 0 Å². The molecule has 0 saturated heterocycles. The van der Waals surface area contributed by atoms with Crippen LogP contribution >= 0.6 is 23.2 Å². The zero-order valence-electron chi connectivity index (χ0n) is 9.88. The number of hydrazine groups is 1. The Bertz CT molecular complexity index is 622. The van der Waals surface area contributed by atoms with Crippen molar-refractivity contribution in [1.29, 1.82) is 0 Å². The number of halogens is 3. The number of rotatable bonds is 3. The molecule has 2 rings (SSSR count). The molecule has 0 amide bonds. The van der Waals surface area contributed by atoms with Crippen LogP contribution in [0.1, 0.15) is 5.56 Å². The highest BCUT2D eigenvalue weighted by molar-refractivity contribution is 6.36. The maximum absolute atomic E-state index is 13.2. The van der Waals surface area contributed by atoms with Crippen LogP contribution < -0.4 is 16.0 Å². The predicted octanol–water partition coefficient (Wildman–Crippen LogP) is 3.91. The summed E-state index contributed by atoms with van der Waals surface area (Å²) in [5.74, 6) is 5.47. The molecule has 0 bridgehead atoms. The fourth-order valence-electron chi connectivity index (χ4n) is 1.41. The number of anilines is 1. The summed E-state index contributed by atoms with van der Waals surface area (Å²) in [6.07, 6.45) is 0. The lowest BCUT2D eigenvalue weighted by Gasteiger charge is -2.11. The molecule has 7 heteroatoms. The van der Waals surface area contributed by atoms with Gasteiger partial charge in [0.1, 0.15) is 16.6 Å². The summed E-state index contributed by atoms with van der Waals surface area (Å²) in [6.45, 7) is 1.78. The molecule has 2 aromatic rings. The number of nitrogen functional groups attached to an aromatic ring is 1. The summed E-state index contributed by atoms with van der Waals surface area (Å²) in [5, 5.41) is 0.462. The number of ether oxygens (including phenoxy) is 1. The van der Waals surface area contributed by atoms with Gasteiger partial charge < -0.3 is 10.2 Å². The van der Waals surface area contributed by atoms with E-state index in [1.165, 1.54) is 18.2 Å². The van der Waals surface area contributed by atoms with Gasteiger partial charge in [-0.25, -0.2) is 10.2 Å². The van der Waals surface area contributed by atoms with Gasteiger partial charge in [-0.05, 0) is 24.6 Å². The van der Waals surface area contributed by atoms with Gasteiger partial charge >= 0.3 is 0 Å². The maximum atomic E-state index is 13.2. The summed E-state index contributed by atoms with van der Waals surface area (Å²) in [4.78, 5) is 4.01. The largest absolute Gasteiger partial charge is 0.437 e. The Morgan fingerprint density at radius 3 is 2.68 bits per heavy atom. The first kappa shape index (κ1) is 13.9. The van der Waals surface area contributed by atoms with Crippen molar-refractivity contribution in [3.05, 3.63) is 45.7 Å². The standard InChI is InChI=1S/C12H10Cl2FN3O/c1-6-2-3-7(15)4-10(6)19-12-9(14)5-8(13)11(17-12)18-16/h2-5H,16H2,1H3,(H,17,18). The first-order valence-corrected chi connectivity index (χ1v) is 6.03. The Kier molecular flexibility index (Phi) is 4.09. The summed E-state index contributed by atoms with van der Waals surface area (Å²) >= 11 is 11.8. The van der Waals surface area contributed by atoms with E-state index in [4.69, 9.17) is 33.8 Å². The minimum atomic E-state index is -0.414. The highest BCUT2D eigenvalue weighted by Crippen LogP contribution is 2.34. The number of aromatic nitrogens is 1. The third-order valence-corrected chi connectivity index (χ3v) is 2.95. The summed E-state index contributed by atoms with van der Waals surface area (Å²) < 4.78 is 18.7. The molecule has 0 spiro atoms. The van der Waals surface area contributed by atoms with E-state index < -0.39 is 5.82 Å². The van der Waals surface area contributed by atoms with E-state index in [1.54, 1.807) is 13.0 Å². The van der Waals surface area contributed by atoms with Gasteiger partial charge in [0.2, 0.25) is 5.88 Å². The molecular weight excluding hydrogens is 292 g/mol. The van der Waals surface area contributed by atoms with Gasteiger partial charge in [-0.1, -0.05) is 29.3 Å². The number of nitrogens with one attached hydrogen (secondary N) is 1. The van der Waals surface area contributed by atoms with Crippen LogP contribution in [0.15, 0.2) is 24.3 Å². The SMILES string of the molecule is Cc1ccc(F)cc1Oc1nc(NN)c(Cl)cc1Cl. The first-order chi connectivity index (χ1) is 9.01. The number of aryl methyl sites for hydroxylation is 1. The second kappa shape index (κ2) is 5.61. The highest BCUT2D eigenvalue weighted by Gasteiger charge is 2.12. The van der Waals surface area contributed by atoms with Gasteiger partial charge in [-0.3, -0.25) is 0 Å². The van der Waals surface area contributed by atoms with Crippen LogP contribution in [0.4, 0.5) is 10.2 Å². The lowest BCUT2D eigenvalue weighted by atomic mass is 10.2. The van der Waals surface area contributed by atoms with Gasteiger partial charge in [0.05, 0.1) is 5.02 Å². The number of hydrogen-bond acceptors (Lipinski definition) is 4. The molecule has 1 aromatic carbocycles. The van der Waals surface area contributed by atoms with Crippen LogP contribution in [0, 0.1) is 12.7 Å². The lowest BCUT2D eigenvalue weighted by Crippen LogP contribution is -2.09. The number of nitrogens with zero attached hydrogens (tertiary/aromatic N) is 1. The zero-order chi connectivity index (χ0) is 14.0. The molecule has 0 fully saturated rings. The second-order valence-corrected chi connectivity index (χ2v) is 4.58. The van der Waals surface area contributed by atoms with Crippen molar-refractivity contribution in [3.8, 4) is 11.6 Å². The fraction of sp³-hybridized carbons (Fsp3) is 0.0833. The lowest BCUT2D eigenvalue weighted by molar-refractivity contribution is 0.455. The summed E-state index contributed by atoms with van der Waals surface area (Å²) in [6, 6.07) is 5.62. The molecule has 1 heterocycles. The summed E-state index contributed by atoms with van der Waals surface area (Å²) in [7, 11) is 0. The number of pyridine rings is 1. The number of benzene rings is 1. The van der Waals surface area contributed by atoms with Crippen molar-refractivity contribution in [2.75, 3.05) is 5.43 Å². The quantitative estimate of drug-likeness (QED) is 0.666. The van der Waals surface area contributed by atoms with Crippen molar-refractivity contribution in [1.82, 2.24) is 4.98 Å². The van der Waals surface area contributed by atoms with Crippen molar-refractivity contribution in [2.24, 2.45) is 5.84 Å². The van der Waals surface area contributed by atoms with Crippen LogP contribution in [-0.2, 0) is 0 Å². The predicted molar refractivity (Wildman–Crippen MR) is 73.3 cm³/mol. The summed E-state index contributed by atoms with van der Waals surface area (Å²) in [5.41, 5.74) is 3.07. The van der Waals surface area contributed by atoms with Crippen molar-refractivity contribution in [2.45, 2.75) is 6.92 Å². The third kappa shape index (κ3) is 3.07. The van der Waals surface area contributed by atoms with Gasteiger partial charge in [-0.2, -0.15) is 4.98 Å². The van der Waals surface area contributed by atoms with Crippen LogP contribution in [-0.4, -0.2) is 4.98 Å². The average molecular weight is 302 g/mol. The normalized spacial score (nSPS) is 10.4. The van der Waals surface area contributed by atoms with E-state index in [-0.39, 0.29) is 21.7 Å². The Hall–Kier alpha value is -1.56. The van der Waals surface area contributed by atoms with Crippen molar-refractivity contribution >= 4 is 29.0 Å². The van der Waals surface area contributed by atoms with Gasteiger partial charge in [0.15, 0.2) is 5.82 Å². The van der Waals surface area contributed by atoms with Gasteiger partial charge in [0, 0.05) is 6.07 Å². The zero-order valence-corrected chi connectivity index (χ0v) is 11.4. The van der Waals surface area contributed by atoms with Crippen LogP contribution in [0.25, 0.3) is 0 Å². The molecule has 0 saturated carbocycles. The molecule has 0 atom stereocenters. The molecule has 4 nitrogen and oxygen atoms in total. The van der Waals surface area contributed by atoms with E-state index in [2.05, 4.69) is 10.4 Å². The minimum absolute atomic E-state index is 0.0905. The van der Waals surface area contributed by atoms with Crippen molar-refractivity contribution in [3.63, 3.8) is 0 Å².